The number of carbonyl (C=O) groups is 1. The number of carboxylic acid groups (broad SMARTS) is 1. The summed E-state index contributed by atoms with van der Waals surface area (Å²) in [5.41, 5.74) is 3.72. The Morgan fingerprint density at radius 1 is 1.75 bits per heavy atom. The van der Waals surface area contributed by atoms with Crippen LogP contribution in [0.15, 0.2) is 0 Å². The summed E-state index contributed by atoms with van der Waals surface area (Å²) in [5.74, 6) is 0. The highest BCUT2D eigenvalue weighted by Gasteiger charge is 2.14. The van der Waals surface area contributed by atoms with E-state index in [1.807, 2.05) is 0 Å². The Hall–Kier alpha value is -0.610. The summed E-state index contributed by atoms with van der Waals surface area (Å²) in [4.78, 5) is 8.25. The Balaban J connectivity index is 0.000000145. The van der Waals surface area contributed by atoms with Crippen molar-refractivity contribution in [1.82, 2.24) is 0 Å². The molecular formula is C4H9NO3. The van der Waals surface area contributed by atoms with Gasteiger partial charge in [0.1, 0.15) is 19.3 Å². The van der Waals surface area contributed by atoms with Gasteiger partial charge in [-0.05, 0) is 0 Å². The summed E-state index contributed by atoms with van der Waals surface area (Å²) in [6.45, 7) is 1.25. The highest BCUT2D eigenvalue weighted by atomic mass is 16.5. The molecule has 8 heavy (non-hydrogen) atoms. The zero-order valence-electron chi connectivity index (χ0n) is 4.50. The van der Waals surface area contributed by atoms with Gasteiger partial charge < -0.3 is 20.4 Å². The molecule has 1 saturated heterocycles. The molecular weight excluding hydrogens is 110 g/mol. The molecule has 1 aliphatic heterocycles. The lowest BCUT2D eigenvalue weighted by Gasteiger charge is -2.16. The van der Waals surface area contributed by atoms with Crippen LogP contribution in [0.25, 0.3) is 0 Å². The van der Waals surface area contributed by atoms with Crippen LogP contribution in [0.1, 0.15) is 0 Å². The normalized spacial score (nSPS) is 17.6. The van der Waals surface area contributed by atoms with Crippen LogP contribution in [0.4, 0.5) is 0 Å². The van der Waals surface area contributed by atoms with E-state index in [2.05, 4.69) is 5.73 Å². The van der Waals surface area contributed by atoms with Gasteiger partial charge >= 0.3 is 0 Å². The first-order valence-electron chi connectivity index (χ1n) is 2.27. The standard InChI is InChI=1S/C3H7NO.CH2O2/c4-3-1-5-2-3;2-1-3/h3H,1-2,4H2;1H,(H,2,3). The molecule has 1 heterocycles. The highest BCUT2D eigenvalue weighted by Crippen LogP contribution is 1.90. The Morgan fingerprint density at radius 2 is 2.00 bits per heavy atom. The average Bonchev–Trinajstić information content (AvgIpc) is 1.64. The van der Waals surface area contributed by atoms with E-state index in [0.717, 1.165) is 13.2 Å². The van der Waals surface area contributed by atoms with Crippen LogP contribution in [-0.4, -0.2) is 25.7 Å². The van der Waals surface area contributed by atoms with E-state index in [0.29, 0.717) is 6.04 Å². The molecule has 0 radical (unpaired) electrons. The van der Waals surface area contributed by atoms with E-state index in [9.17, 15) is 0 Å². The Kier molecular flexibility index (Phi) is 4.20. The van der Waals surface area contributed by atoms with Crippen molar-refractivity contribution in [2.24, 2.45) is 0 Å². The van der Waals surface area contributed by atoms with Gasteiger partial charge in [0.15, 0.2) is 0 Å². The molecule has 0 atom stereocenters. The lowest BCUT2D eigenvalue weighted by Crippen LogP contribution is -2.70. The second-order valence-electron chi connectivity index (χ2n) is 1.50. The van der Waals surface area contributed by atoms with E-state index < -0.39 is 6.47 Å². The van der Waals surface area contributed by atoms with Crippen LogP contribution in [0, 0.1) is 0 Å². The summed E-state index contributed by atoms with van der Waals surface area (Å²) in [6.07, 6.45) is 0. The number of hydrogen-bond acceptors (Lipinski definition) is 3. The van der Waals surface area contributed by atoms with Crippen molar-refractivity contribution >= 4 is 6.47 Å². The van der Waals surface area contributed by atoms with Crippen molar-refractivity contribution in [3.05, 3.63) is 0 Å². The molecule has 0 amide bonds. The van der Waals surface area contributed by atoms with Gasteiger partial charge in [-0.25, -0.2) is 0 Å². The van der Waals surface area contributed by atoms with Gasteiger partial charge in [-0.2, -0.15) is 0 Å². The van der Waals surface area contributed by atoms with Gasteiger partial charge in [0, 0.05) is 6.47 Å². The molecule has 0 aliphatic carbocycles. The number of ether oxygens (including phenoxy) is 1. The Bertz CT molecular complexity index is 62.3. The molecule has 0 bridgehead atoms. The molecule has 1 rings (SSSR count). The number of carbonyl (C=O) groups excluding carboxylic acids is 1. The summed E-state index contributed by atoms with van der Waals surface area (Å²) >= 11 is 0. The summed E-state index contributed by atoms with van der Waals surface area (Å²) < 4.78 is 4.77. The molecule has 0 aromatic rings. The molecule has 4 nitrogen and oxygen atoms in total. The molecule has 4 heteroatoms. The van der Waals surface area contributed by atoms with E-state index >= 15 is 0 Å². The van der Waals surface area contributed by atoms with Crippen LogP contribution in [0.2, 0.25) is 0 Å². The molecule has 0 aromatic heterocycles. The molecule has 0 spiro atoms. The first kappa shape index (κ1) is 7.39. The second kappa shape index (κ2) is 4.55. The van der Waals surface area contributed by atoms with E-state index in [-0.39, 0.29) is 0 Å². The van der Waals surface area contributed by atoms with Crippen molar-refractivity contribution in [3.8, 4) is 0 Å². The minimum Gasteiger partial charge on any atom is -0.554 e. The van der Waals surface area contributed by atoms with Crippen LogP contribution >= 0.6 is 0 Å². The molecule has 1 fully saturated rings. The maximum atomic E-state index is 8.25. The largest absolute Gasteiger partial charge is 0.554 e. The Labute approximate surface area is 47.2 Å². The zero-order valence-corrected chi connectivity index (χ0v) is 4.50. The smallest absolute Gasteiger partial charge is 0.132 e. The van der Waals surface area contributed by atoms with Crippen LogP contribution in [-0.2, 0) is 9.53 Å². The topological polar surface area (TPSA) is 77.0 Å². The van der Waals surface area contributed by atoms with Crippen molar-refractivity contribution in [1.29, 1.82) is 0 Å². The van der Waals surface area contributed by atoms with Gasteiger partial charge in [-0.15, -0.1) is 0 Å². The fraction of sp³-hybridized carbons (Fsp3) is 0.750. The Morgan fingerprint density at radius 3 is 2.00 bits per heavy atom. The van der Waals surface area contributed by atoms with E-state index in [4.69, 9.17) is 14.6 Å². The quantitative estimate of drug-likeness (QED) is 0.345. The maximum Gasteiger partial charge on any atom is 0.132 e. The van der Waals surface area contributed by atoms with Crippen molar-refractivity contribution < 1.29 is 20.4 Å². The second-order valence-corrected chi connectivity index (χ2v) is 1.50. The van der Waals surface area contributed by atoms with E-state index in [1.165, 1.54) is 0 Å². The highest BCUT2D eigenvalue weighted by molar-refractivity contribution is 5.29. The van der Waals surface area contributed by atoms with Crippen LogP contribution in [0.3, 0.4) is 0 Å². The van der Waals surface area contributed by atoms with E-state index in [1.54, 1.807) is 0 Å². The molecule has 0 aromatic carbocycles. The van der Waals surface area contributed by atoms with Crippen molar-refractivity contribution in [3.63, 3.8) is 0 Å². The van der Waals surface area contributed by atoms with Crippen molar-refractivity contribution in [2.45, 2.75) is 6.04 Å². The predicted octanol–water partition coefficient (Wildman–Crippen LogP) is -3.01. The van der Waals surface area contributed by atoms with Crippen LogP contribution in [0.5, 0.6) is 0 Å². The lowest BCUT2D eigenvalue weighted by molar-refractivity contribution is -0.463. The predicted molar refractivity (Wildman–Crippen MR) is 23.6 cm³/mol. The van der Waals surface area contributed by atoms with Gasteiger partial charge in [0.05, 0.1) is 0 Å². The fourth-order valence-corrected chi connectivity index (χ4v) is 0.285. The number of rotatable bonds is 0. The SMILES string of the molecule is O=C[O-].[NH3+]C1COC1. The molecule has 3 N–H and O–H groups in total. The molecule has 1 aliphatic rings. The average molecular weight is 119 g/mol. The summed E-state index contributed by atoms with van der Waals surface area (Å²) in [6, 6.07) is 0.593. The molecule has 48 valence electrons. The fourth-order valence-electron chi connectivity index (χ4n) is 0.285. The molecule has 0 unspecified atom stereocenters. The summed E-state index contributed by atoms with van der Waals surface area (Å²) in [7, 11) is 0. The van der Waals surface area contributed by atoms with Gasteiger partial charge in [-0.1, -0.05) is 0 Å². The monoisotopic (exact) mass is 119 g/mol. The maximum absolute atomic E-state index is 8.25. The van der Waals surface area contributed by atoms with Gasteiger partial charge in [-0.3, -0.25) is 0 Å². The third kappa shape index (κ3) is 3.58. The third-order valence-electron chi connectivity index (χ3n) is 0.707. The van der Waals surface area contributed by atoms with Crippen molar-refractivity contribution in [2.75, 3.05) is 13.2 Å². The van der Waals surface area contributed by atoms with Gasteiger partial charge in [0.25, 0.3) is 0 Å². The number of quaternary nitrogens is 1. The zero-order chi connectivity index (χ0) is 6.41. The van der Waals surface area contributed by atoms with Crippen LogP contribution < -0.4 is 10.8 Å². The number of hydrogen-bond donors (Lipinski definition) is 1. The lowest BCUT2D eigenvalue weighted by atomic mass is 10.3. The third-order valence-corrected chi connectivity index (χ3v) is 0.707. The first-order chi connectivity index (χ1) is 3.81. The van der Waals surface area contributed by atoms with Gasteiger partial charge in [0.2, 0.25) is 0 Å². The first-order valence-corrected chi connectivity index (χ1v) is 2.27. The molecule has 0 saturated carbocycles. The minimum absolute atomic E-state index is 0.500. The minimum atomic E-state index is -0.500. The summed E-state index contributed by atoms with van der Waals surface area (Å²) in [5, 5.41) is 8.25.